The molecule has 0 saturated carbocycles. The van der Waals surface area contributed by atoms with Crippen LogP contribution in [0.2, 0.25) is 0 Å². The van der Waals surface area contributed by atoms with Crippen molar-refractivity contribution in [3.05, 3.63) is 48.5 Å². The summed E-state index contributed by atoms with van der Waals surface area (Å²) in [5, 5.41) is 6.78. The van der Waals surface area contributed by atoms with Gasteiger partial charge in [0.2, 0.25) is 11.8 Å². The van der Waals surface area contributed by atoms with Crippen LogP contribution in [0.5, 0.6) is 0 Å². The monoisotopic (exact) mass is 365 g/mol. The topological polar surface area (TPSA) is 71.1 Å². The molecule has 5 nitrogen and oxygen atoms in total. The van der Waals surface area contributed by atoms with E-state index >= 15 is 0 Å². The van der Waals surface area contributed by atoms with E-state index in [1.165, 1.54) is 0 Å². The largest absolute Gasteiger partial charge is 0.353 e. The molecule has 1 aliphatic heterocycles. The van der Waals surface area contributed by atoms with Crippen molar-refractivity contribution < 1.29 is 9.59 Å². The molecule has 1 fully saturated rings. The van der Waals surface area contributed by atoms with Gasteiger partial charge in [-0.25, -0.2) is 4.98 Å². The maximum absolute atomic E-state index is 12.2. The van der Waals surface area contributed by atoms with Crippen molar-refractivity contribution in [2.75, 3.05) is 5.32 Å². The standard InChI is InChI=1S/C20H19N3O2S/c24-18-10-8-14(21-18)9-11-19(25)22-15-5-3-4-13(12-15)20-23-16-6-1-2-7-17(16)26-20/h1-7,12,14H,8-11H2,(H,21,24)(H,22,25)/t14-/m1/s1. The first-order valence-electron chi connectivity index (χ1n) is 8.72. The lowest BCUT2D eigenvalue weighted by Crippen LogP contribution is -2.26. The zero-order chi connectivity index (χ0) is 17.9. The van der Waals surface area contributed by atoms with Crippen LogP contribution < -0.4 is 10.6 Å². The van der Waals surface area contributed by atoms with Gasteiger partial charge in [-0.05, 0) is 37.1 Å². The molecule has 0 unspecified atom stereocenters. The van der Waals surface area contributed by atoms with Crippen molar-refractivity contribution in [3.8, 4) is 10.6 Å². The molecule has 6 heteroatoms. The number of nitrogens with one attached hydrogen (secondary N) is 2. The average molecular weight is 365 g/mol. The summed E-state index contributed by atoms with van der Waals surface area (Å²) in [6.45, 7) is 0. The lowest BCUT2D eigenvalue weighted by molar-refractivity contribution is -0.120. The molecule has 1 saturated heterocycles. The lowest BCUT2D eigenvalue weighted by Gasteiger charge is -2.10. The summed E-state index contributed by atoms with van der Waals surface area (Å²) in [5.74, 6) is 0.0477. The number of aromatic nitrogens is 1. The quantitative estimate of drug-likeness (QED) is 0.719. The van der Waals surface area contributed by atoms with Gasteiger partial charge in [-0.1, -0.05) is 24.3 Å². The summed E-state index contributed by atoms with van der Waals surface area (Å²) in [6.07, 6.45) is 2.46. The highest BCUT2D eigenvalue weighted by atomic mass is 32.1. The molecule has 3 aromatic rings. The number of thiazole rings is 1. The minimum absolute atomic E-state index is 0.0346. The molecular formula is C20H19N3O2S. The van der Waals surface area contributed by atoms with Gasteiger partial charge < -0.3 is 10.6 Å². The van der Waals surface area contributed by atoms with Crippen molar-refractivity contribution in [1.82, 2.24) is 10.3 Å². The van der Waals surface area contributed by atoms with Crippen molar-refractivity contribution in [2.45, 2.75) is 31.7 Å². The van der Waals surface area contributed by atoms with Gasteiger partial charge in [0.05, 0.1) is 10.2 Å². The number of hydrogen-bond donors (Lipinski definition) is 2. The normalized spacial score (nSPS) is 16.6. The number of carbonyl (C=O) groups is 2. The molecule has 0 aliphatic carbocycles. The Bertz CT molecular complexity index is 933. The van der Waals surface area contributed by atoms with E-state index in [0.717, 1.165) is 32.9 Å². The highest BCUT2D eigenvalue weighted by Crippen LogP contribution is 2.31. The molecule has 0 spiro atoms. The van der Waals surface area contributed by atoms with E-state index in [0.29, 0.717) is 19.3 Å². The van der Waals surface area contributed by atoms with E-state index in [2.05, 4.69) is 21.7 Å². The smallest absolute Gasteiger partial charge is 0.224 e. The molecule has 1 aromatic heterocycles. The number of nitrogens with zero attached hydrogens (tertiary/aromatic N) is 1. The molecule has 26 heavy (non-hydrogen) atoms. The van der Waals surface area contributed by atoms with Crippen LogP contribution in [0.25, 0.3) is 20.8 Å². The minimum Gasteiger partial charge on any atom is -0.353 e. The Morgan fingerprint density at radius 1 is 1.23 bits per heavy atom. The summed E-state index contributed by atoms with van der Waals surface area (Å²) in [7, 11) is 0. The van der Waals surface area contributed by atoms with Crippen LogP contribution in [0.3, 0.4) is 0 Å². The zero-order valence-electron chi connectivity index (χ0n) is 14.2. The van der Waals surface area contributed by atoms with E-state index in [9.17, 15) is 9.59 Å². The fourth-order valence-electron chi connectivity index (χ4n) is 3.15. The third kappa shape index (κ3) is 3.75. The number of hydrogen-bond acceptors (Lipinski definition) is 4. The van der Waals surface area contributed by atoms with Crippen LogP contribution in [-0.2, 0) is 9.59 Å². The van der Waals surface area contributed by atoms with Crippen molar-refractivity contribution in [3.63, 3.8) is 0 Å². The van der Waals surface area contributed by atoms with Crippen LogP contribution in [0.1, 0.15) is 25.7 Å². The number of para-hydroxylation sites is 1. The van der Waals surface area contributed by atoms with Gasteiger partial charge in [0.1, 0.15) is 5.01 Å². The molecule has 0 bridgehead atoms. The number of fused-ring (bicyclic) bond motifs is 1. The van der Waals surface area contributed by atoms with Crippen molar-refractivity contribution >= 4 is 39.1 Å². The summed E-state index contributed by atoms with van der Waals surface area (Å²) in [6, 6.07) is 15.9. The summed E-state index contributed by atoms with van der Waals surface area (Å²) in [5.41, 5.74) is 2.75. The van der Waals surface area contributed by atoms with Crippen LogP contribution in [-0.4, -0.2) is 22.8 Å². The first-order chi connectivity index (χ1) is 12.7. The Labute approximate surface area is 155 Å². The predicted octanol–water partition coefficient (Wildman–Crippen LogP) is 3.96. The van der Waals surface area contributed by atoms with E-state index in [4.69, 9.17) is 0 Å². The van der Waals surface area contributed by atoms with Crippen LogP contribution in [0.4, 0.5) is 5.69 Å². The number of rotatable bonds is 5. The van der Waals surface area contributed by atoms with Gasteiger partial charge in [0.25, 0.3) is 0 Å². The van der Waals surface area contributed by atoms with Gasteiger partial charge in [-0.15, -0.1) is 11.3 Å². The van der Waals surface area contributed by atoms with E-state index in [1.807, 2.05) is 42.5 Å². The van der Waals surface area contributed by atoms with Crippen LogP contribution >= 0.6 is 11.3 Å². The molecule has 2 aromatic carbocycles. The molecule has 2 heterocycles. The molecular weight excluding hydrogens is 346 g/mol. The summed E-state index contributed by atoms with van der Waals surface area (Å²) >= 11 is 1.64. The third-order valence-electron chi connectivity index (χ3n) is 4.49. The Kier molecular flexibility index (Phi) is 4.67. The van der Waals surface area contributed by atoms with Crippen molar-refractivity contribution in [2.24, 2.45) is 0 Å². The van der Waals surface area contributed by atoms with Gasteiger partial charge >= 0.3 is 0 Å². The van der Waals surface area contributed by atoms with Crippen molar-refractivity contribution in [1.29, 1.82) is 0 Å². The van der Waals surface area contributed by atoms with Gasteiger partial charge in [0.15, 0.2) is 0 Å². The molecule has 2 N–H and O–H groups in total. The predicted molar refractivity (Wildman–Crippen MR) is 104 cm³/mol. The lowest BCUT2D eigenvalue weighted by atomic mass is 10.1. The maximum Gasteiger partial charge on any atom is 0.224 e. The number of benzene rings is 2. The molecule has 1 aliphatic rings. The van der Waals surface area contributed by atoms with Crippen LogP contribution in [0.15, 0.2) is 48.5 Å². The first kappa shape index (κ1) is 16.7. The highest BCUT2D eigenvalue weighted by Gasteiger charge is 2.21. The summed E-state index contributed by atoms with van der Waals surface area (Å²) < 4.78 is 1.15. The van der Waals surface area contributed by atoms with Gasteiger partial charge in [0, 0.05) is 30.1 Å². The second-order valence-corrected chi connectivity index (χ2v) is 7.49. The average Bonchev–Trinajstić information content (AvgIpc) is 3.26. The Hall–Kier alpha value is -2.73. The Morgan fingerprint density at radius 2 is 2.12 bits per heavy atom. The number of anilines is 1. The molecule has 0 radical (unpaired) electrons. The SMILES string of the molecule is O=C(CC[C@H]1CCC(=O)N1)Nc1cccc(-c2nc3ccccc3s2)c1. The number of amides is 2. The van der Waals surface area contributed by atoms with Gasteiger partial charge in [-0.2, -0.15) is 0 Å². The third-order valence-corrected chi connectivity index (χ3v) is 5.58. The van der Waals surface area contributed by atoms with Crippen LogP contribution in [0, 0.1) is 0 Å². The summed E-state index contributed by atoms with van der Waals surface area (Å²) in [4.78, 5) is 28.1. The molecule has 132 valence electrons. The van der Waals surface area contributed by atoms with E-state index in [1.54, 1.807) is 11.3 Å². The second-order valence-electron chi connectivity index (χ2n) is 6.46. The first-order valence-corrected chi connectivity index (χ1v) is 9.54. The maximum atomic E-state index is 12.2. The Morgan fingerprint density at radius 3 is 2.92 bits per heavy atom. The van der Waals surface area contributed by atoms with E-state index < -0.39 is 0 Å². The molecule has 4 rings (SSSR count). The molecule has 2 amide bonds. The Balaban J connectivity index is 1.42. The molecule has 1 atom stereocenters. The zero-order valence-corrected chi connectivity index (χ0v) is 15.0. The fraction of sp³-hybridized carbons (Fsp3) is 0.250. The highest BCUT2D eigenvalue weighted by molar-refractivity contribution is 7.21. The number of carbonyl (C=O) groups excluding carboxylic acids is 2. The van der Waals surface area contributed by atoms with Gasteiger partial charge in [-0.3, -0.25) is 9.59 Å². The fourth-order valence-corrected chi connectivity index (χ4v) is 4.11. The van der Waals surface area contributed by atoms with E-state index in [-0.39, 0.29) is 17.9 Å². The second kappa shape index (κ2) is 7.25. The minimum atomic E-state index is -0.0346.